The molecule has 0 aliphatic heterocycles. The van der Waals surface area contributed by atoms with Crippen molar-refractivity contribution >= 4 is 17.5 Å². The number of carbonyl (C=O) groups is 2. The molecule has 0 aromatic heterocycles. The number of primary amides is 1. The highest BCUT2D eigenvalue weighted by Crippen LogP contribution is 2.20. The lowest BCUT2D eigenvalue weighted by atomic mass is 10.1. The fourth-order valence-electron chi connectivity index (χ4n) is 1.45. The van der Waals surface area contributed by atoms with Gasteiger partial charge in [0.25, 0.3) is 5.91 Å². The van der Waals surface area contributed by atoms with Crippen LogP contribution in [0.3, 0.4) is 0 Å². The van der Waals surface area contributed by atoms with E-state index in [1.807, 2.05) is 0 Å². The number of anilines is 1. The Balaban J connectivity index is 2.79. The van der Waals surface area contributed by atoms with Gasteiger partial charge in [0.05, 0.1) is 0 Å². The summed E-state index contributed by atoms with van der Waals surface area (Å²) >= 11 is 0. The van der Waals surface area contributed by atoms with E-state index in [4.69, 9.17) is 5.73 Å². The van der Waals surface area contributed by atoms with Gasteiger partial charge in [-0.2, -0.15) is 0 Å². The molecule has 2 amide bonds. The highest BCUT2D eigenvalue weighted by Gasteiger charge is 2.14. The van der Waals surface area contributed by atoms with Crippen molar-refractivity contribution in [2.75, 3.05) is 18.4 Å². The molecule has 5 nitrogen and oxygen atoms in total. The van der Waals surface area contributed by atoms with Crippen LogP contribution in [0, 0.1) is 11.6 Å². The first-order valence-electron chi connectivity index (χ1n) is 5.75. The maximum Gasteiger partial charge on any atom is 0.251 e. The van der Waals surface area contributed by atoms with Crippen molar-refractivity contribution in [1.29, 1.82) is 0 Å². The molecule has 104 valence electrons. The van der Waals surface area contributed by atoms with Crippen molar-refractivity contribution in [2.24, 2.45) is 5.73 Å². The Morgan fingerprint density at radius 1 is 1.26 bits per heavy atom. The lowest BCUT2D eigenvalue weighted by Gasteiger charge is -2.09. The minimum atomic E-state index is -0.845. The molecule has 0 spiro atoms. The third-order valence-electron chi connectivity index (χ3n) is 2.31. The quantitative estimate of drug-likeness (QED) is 0.721. The Morgan fingerprint density at radius 3 is 2.32 bits per heavy atom. The van der Waals surface area contributed by atoms with Crippen LogP contribution in [0.1, 0.15) is 23.7 Å². The Labute approximate surface area is 109 Å². The predicted octanol–water partition coefficient (Wildman–Crippen LogP) is 1.00. The van der Waals surface area contributed by atoms with Crippen LogP contribution in [-0.4, -0.2) is 24.9 Å². The summed E-state index contributed by atoms with van der Waals surface area (Å²) in [6.07, 6.45) is -0.0355. The maximum absolute atomic E-state index is 13.6. The Bertz CT molecular complexity index is 469. The van der Waals surface area contributed by atoms with E-state index in [9.17, 15) is 18.4 Å². The number of carbonyl (C=O) groups excluding carboxylic acids is 2. The van der Waals surface area contributed by atoms with E-state index in [0.717, 1.165) is 12.1 Å². The van der Waals surface area contributed by atoms with Gasteiger partial charge in [0, 0.05) is 25.1 Å². The van der Waals surface area contributed by atoms with E-state index < -0.39 is 23.4 Å². The van der Waals surface area contributed by atoms with Gasteiger partial charge in [-0.3, -0.25) is 9.59 Å². The molecule has 0 fully saturated rings. The van der Waals surface area contributed by atoms with Crippen molar-refractivity contribution in [3.63, 3.8) is 0 Å². The summed E-state index contributed by atoms with van der Waals surface area (Å²) in [7, 11) is 0. The van der Waals surface area contributed by atoms with E-state index in [-0.39, 0.29) is 24.2 Å². The van der Waals surface area contributed by atoms with Crippen molar-refractivity contribution in [1.82, 2.24) is 5.32 Å². The lowest BCUT2D eigenvalue weighted by Crippen LogP contribution is -2.28. The van der Waals surface area contributed by atoms with Crippen LogP contribution in [0.5, 0.6) is 0 Å². The molecule has 4 N–H and O–H groups in total. The van der Waals surface area contributed by atoms with Crippen molar-refractivity contribution < 1.29 is 18.4 Å². The SMILES string of the molecule is CCNc1c(F)cc(C(=O)NCCC(N)=O)cc1F. The normalized spacial score (nSPS) is 10.1. The van der Waals surface area contributed by atoms with Crippen LogP contribution < -0.4 is 16.4 Å². The number of benzene rings is 1. The molecular weight excluding hydrogens is 256 g/mol. The highest BCUT2D eigenvalue weighted by molar-refractivity contribution is 5.94. The van der Waals surface area contributed by atoms with Crippen LogP contribution in [0.2, 0.25) is 0 Å². The lowest BCUT2D eigenvalue weighted by molar-refractivity contribution is -0.117. The largest absolute Gasteiger partial charge is 0.381 e. The maximum atomic E-state index is 13.6. The van der Waals surface area contributed by atoms with Gasteiger partial charge in [-0.05, 0) is 19.1 Å². The standard InChI is InChI=1S/C12H15F2N3O2/c1-2-16-11-8(13)5-7(6-9(11)14)12(19)17-4-3-10(15)18/h5-6,16H,2-4H2,1H3,(H2,15,18)(H,17,19). The van der Waals surface area contributed by atoms with Crippen LogP contribution >= 0.6 is 0 Å². The predicted molar refractivity (Wildman–Crippen MR) is 66.7 cm³/mol. The van der Waals surface area contributed by atoms with Crippen LogP contribution in [-0.2, 0) is 4.79 Å². The summed E-state index contributed by atoms with van der Waals surface area (Å²) in [6.45, 7) is 2.08. The number of rotatable bonds is 6. The van der Waals surface area contributed by atoms with Gasteiger partial charge in [-0.1, -0.05) is 0 Å². The van der Waals surface area contributed by atoms with Gasteiger partial charge in [0.1, 0.15) is 17.3 Å². The highest BCUT2D eigenvalue weighted by atomic mass is 19.1. The van der Waals surface area contributed by atoms with Gasteiger partial charge in [-0.25, -0.2) is 8.78 Å². The fourth-order valence-corrected chi connectivity index (χ4v) is 1.45. The zero-order valence-electron chi connectivity index (χ0n) is 10.4. The summed E-state index contributed by atoms with van der Waals surface area (Å²) < 4.78 is 27.1. The van der Waals surface area contributed by atoms with E-state index in [0.29, 0.717) is 6.54 Å². The molecule has 0 aliphatic carbocycles. The molecule has 1 rings (SSSR count). The number of nitrogens with two attached hydrogens (primary N) is 1. The molecule has 0 aliphatic rings. The van der Waals surface area contributed by atoms with E-state index in [1.165, 1.54) is 0 Å². The second-order valence-corrected chi connectivity index (χ2v) is 3.82. The summed E-state index contributed by atoms with van der Waals surface area (Å²) in [5.41, 5.74) is 4.48. The van der Waals surface area contributed by atoms with Crippen LogP contribution in [0.25, 0.3) is 0 Å². The number of nitrogens with one attached hydrogen (secondary N) is 2. The molecule has 1 aromatic rings. The second kappa shape index (κ2) is 6.67. The van der Waals surface area contributed by atoms with Crippen LogP contribution in [0.15, 0.2) is 12.1 Å². The zero-order chi connectivity index (χ0) is 14.4. The fraction of sp³-hybridized carbons (Fsp3) is 0.333. The van der Waals surface area contributed by atoms with Gasteiger partial charge in [0.2, 0.25) is 5.91 Å². The number of halogens is 2. The average Bonchev–Trinajstić information content (AvgIpc) is 2.33. The smallest absolute Gasteiger partial charge is 0.251 e. The summed E-state index contributed by atoms with van der Waals surface area (Å²) in [4.78, 5) is 22.1. The van der Waals surface area contributed by atoms with Gasteiger partial charge < -0.3 is 16.4 Å². The molecule has 0 heterocycles. The monoisotopic (exact) mass is 271 g/mol. The number of hydrogen-bond donors (Lipinski definition) is 3. The third kappa shape index (κ3) is 4.20. The number of hydrogen-bond acceptors (Lipinski definition) is 3. The zero-order valence-corrected chi connectivity index (χ0v) is 10.4. The van der Waals surface area contributed by atoms with Gasteiger partial charge in [-0.15, -0.1) is 0 Å². The Kier molecular flexibility index (Phi) is 5.23. The minimum Gasteiger partial charge on any atom is -0.381 e. The Hall–Kier alpha value is -2.18. The first-order valence-corrected chi connectivity index (χ1v) is 5.75. The minimum absolute atomic E-state index is 0.0202. The van der Waals surface area contributed by atoms with Gasteiger partial charge >= 0.3 is 0 Å². The van der Waals surface area contributed by atoms with E-state index in [1.54, 1.807) is 6.92 Å². The molecule has 0 unspecified atom stereocenters. The topological polar surface area (TPSA) is 84.2 Å². The molecule has 7 heteroatoms. The Morgan fingerprint density at radius 2 is 1.84 bits per heavy atom. The molecule has 19 heavy (non-hydrogen) atoms. The van der Waals surface area contributed by atoms with E-state index >= 15 is 0 Å². The first-order chi connectivity index (χ1) is 8.95. The molecule has 1 aromatic carbocycles. The molecule has 0 saturated heterocycles. The summed E-state index contributed by atoms with van der Waals surface area (Å²) in [5, 5.41) is 4.87. The molecular formula is C12H15F2N3O2. The van der Waals surface area contributed by atoms with Crippen molar-refractivity contribution in [3.8, 4) is 0 Å². The molecule has 0 saturated carbocycles. The summed E-state index contributed by atoms with van der Waals surface area (Å²) in [6, 6.07) is 1.86. The van der Waals surface area contributed by atoms with Crippen molar-refractivity contribution in [3.05, 3.63) is 29.3 Å². The third-order valence-corrected chi connectivity index (χ3v) is 2.31. The molecule has 0 radical (unpaired) electrons. The summed E-state index contributed by atoms with van der Waals surface area (Å²) in [5.74, 6) is -2.92. The molecule has 0 bridgehead atoms. The van der Waals surface area contributed by atoms with E-state index in [2.05, 4.69) is 10.6 Å². The second-order valence-electron chi connectivity index (χ2n) is 3.82. The number of amides is 2. The average molecular weight is 271 g/mol. The van der Waals surface area contributed by atoms with Crippen molar-refractivity contribution in [2.45, 2.75) is 13.3 Å². The van der Waals surface area contributed by atoms with Crippen LogP contribution in [0.4, 0.5) is 14.5 Å². The van der Waals surface area contributed by atoms with Gasteiger partial charge in [0.15, 0.2) is 0 Å². The molecule has 0 atom stereocenters. The first kappa shape index (κ1) is 14.9.